The topological polar surface area (TPSA) is 116 Å². The summed E-state index contributed by atoms with van der Waals surface area (Å²) < 4.78 is 0. The second-order valence-electron chi connectivity index (χ2n) is 7.10. The molecule has 31 heavy (non-hydrogen) atoms. The van der Waals surface area contributed by atoms with E-state index < -0.39 is 0 Å². The van der Waals surface area contributed by atoms with Crippen LogP contribution in [0.4, 0.5) is 5.82 Å². The number of nitrogens with zero attached hydrogens (tertiary/aromatic N) is 6. The maximum absolute atomic E-state index is 9.36. The molecule has 0 saturated heterocycles. The van der Waals surface area contributed by atoms with Crippen molar-refractivity contribution in [3.05, 3.63) is 71.7 Å². The number of unbranched alkanes of at least 4 members (excludes halogenated alkanes) is 1. The number of anilines is 1. The number of aromatic nitrogens is 6. The van der Waals surface area contributed by atoms with Gasteiger partial charge in [-0.1, -0.05) is 61.9 Å². The largest absolute Gasteiger partial charge is 0.365 e. The molecule has 2 aromatic heterocycles. The highest BCUT2D eigenvalue weighted by molar-refractivity contribution is 5.80. The van der Waals surface area contributed by atoms with Gasteiger partial charge in [0.2, 0.25) is 5.82 Å². The van der Waals surface area contributed by atoms with Gasteiger partial charge in [-0.05, 0) is 28.3 Å². The monoisotopic (exact) mass is 410 g/mol. The Morgan fingerprint density at radius 3 is 2.58 bits per heavy atom. The summed E-state index contributed by atoms with van der Waals surface area (Å²) in [6.45, 7) is 2.69. The minimum atomic E-state index is 0.450. The minimum Gasteiger partial charge on any atom is -0.365 e. The van der Waals surface area contributed by atoms with Gasteiger partial charge < -0.3 is 5.32 Å². The third kappa shape index (κ3) is 4.73. The number of hydrogen-bond acceptors (Lipinski definition) is 7. The molecule has 8 heteroatoms. The molecule has 2 aromatic carbocycles. The molecule has 0 bridgehead atoms. The van der Waals surface area contributed by atoms with E-state index in [4.69, 9.17) is 0 Å². The van der Waals surface area contributed by atoms with Crippen molar-refractivity contribution < 1.29 is 0 Å². The Hall–Kier alpha value is -4.12. The van der Waals surface area contributed by atoms with Crippen LogP contribution in [0.25, 0.3) is 22.5 Å². The van der Waals surface area contributed by atoms with Crippen LogP contribution in [0.5, 0.6) is 0 Å². The zero-order valence-corrected chi connectivity index (χ0v) is 17.2. The molecule has 2 heterocycles. The summed E-state index contributed by atoms with van der Waals surface area (Å²) >= 11 is 0. The van der Waals surface area contributed by atoms with E-state index in [1.165, 1.54) is 0 Å². The first-order valence-electron chi connectivity index (χ1n) is 10.2. The molecule has 4 rings (SSSR count). The molecule has 4 aromatic rings. The van der Waals surface area contributed by atoms with Gasteiger partial charge in [-0.15, -0.1) is 10.2 Å². The Morgan fingerprint density at radius 1 is 1.06 bits per heavy atom. The molecule has 2 N–H and O–H groups in total. The molecule has 8 nitrogen and oxygen atoms in total. The highest BCUT2D eigenvalue weighted by Gasteiger charge is 2.11. The van der Waals surface area contributed by atoms with Crippen LogP contribution in [0.1, 0.15) is 36.7 Å². The molecule has 0 radical (unpaired) electrons. The van der Waals surface area contributed by atoms with Crippen molar-refractivity contribution in [1.82, 2.24) is 30.6 Å². The Bertz CT molecular complexity index is 1180. The number of nitrogens with one attached hydrogen (secondary N) is 2. The molecule has 0 unspecified atom stereocenters. The van der Waals surface area contributed by atoms with Gasteiger partial charge in [0, 0.05) is 18.5 Å². The number of H-pyrrole nitrogens is 1. The molecule has 0 spiro atoms. The molecule has 0 aliphatic rings. The molecule has 0 atom stereocenters. The second-order valence-corrected chi connectivity index (χ2v) is 7.10. The van der Waals surface area contributed by atoms with E-state index in [1.54, 1.807) is 6.20 Å². The van der Waals surface area contributed by atoms with Gasteiger partial charge in [0.1, 0.15) is 23.3 Å². The average Bonchev–Trinajstić information content (AvgIpc) is 3.37. The molecular formula is C23H22N8. The third-order valence-corrected chi connectivity index (χ3v) is 4.95. The van der Waals surface area contributed by atoms with Gasteiger partial charge in [-0.25, -0.2) is 9.97 Å². The van der Waals surface area contributed by atoms with Crippen LogP contribution >= 0.6 is 0 Å². The van der Waals surface area contributed by atoms with Crippen LogP contribution in [0.15, 0.2) is 54.7 Å². The molecule has 0 amide bonds. The summed E-state index contributed by atoms with van der Waals surface area (Å²) in [6, 6.07) is 18.4. The van der Waals surface area contributed by atoms with Crippen molar-refractivity contribution >= 4 is 5.82 Å². The zero-order chi connectivity index (χ0) is 21.5. The molecular weight excluding hydrogens is 388 g/mol. The van der Waals surface area contributed by atoms with Crippen molar-refractivity contribution in [2.24, 2.45) is 0 Å². The van der Waals surface area contributed by atoms with E-state index in [-0.39, 0.29) is 0 Å². The fourth-order valence-corrected chi connectivity index (χ4v) is 3.28. The Labute approximate surface area is 180 Å². The highest BCUT2D eigenvalue weighted by atomic mass is 15.5. The lowest BCUT2D eigenvalue weighted by molar-refractivity contribution is 0.751. The second kappa shape index (κ2) is 9.59. The SMILES string of the molecule is CCCCc1ncc(C#N)c(NCc2ccc(-c3ccccc3-c3nn[nH]n3)cc2)n1. The summed E-state index contributed by atoms with van der Waals surface area (Å²) in [6.07, 6.45) is 4.51. The normalized spacial score (nSPS) is 10.6. The summed E-state index contributed by atoms with van der Waals surface area (Å²) in [7, 11) is 0. The quantitative estimate of drug-likeness (QED) is 0.448. The first-order valence-corrected chi connectivity index (χ1v) is 10.2. The number of hydrogen-bond donors (Lipinski definition) is 2. The first-order chi connectivity index (χ1) is 15.3. The van der Waals surface area contributed by atoms with E-state index in [0.717, 1.165) is 47.3 Å². The molecule has 0 saturated carbocycles. The standard InChI is InChI=1S/C23H22N8/c1-2-3-8-21-25-15-18(13-24)22(27-21)26-14-16-9-11-17(12-10-16)19-6-4-5-7-20(19)23-28-30-31-29-23/h4-7,9-12,15H,2-3,8,14H2,1H3,(H,25,26,27)(H,28,29,30,31). The van der Waals surface area contributed by atoms with Crippen molar-refractivity contribution in [2.45, 2.75) is 32.7 Å². The molecule has 0 aliphatic heterocycles. The van der Waals surface area contributed by atoms with Gasteiger partial charge >= 0.3 is 0 Å². The maximum atomic E-state index is 9.36. The van der Waals surface area contributed by atoms with Crippen LogP contribution in [-0.2, 0) is 13.0 Å². The van der Waals surface area contributed by atoms with Crippen LogP contribution in [-0.4, -0.2) is 30.6 Å². The summed E-state index contributed by atoms with van der Waals surface area (Å²) in [4.78, 5) is 8.82. The van der Waals surface area contributed by atoms with E-state index >= 15 is 0 Å². The third-order valence-electron chi connectivity index (χ3n) is 4.95. The lowest BCUT2D eigenvalue weighted by Crippen LogP contribution is -2.07. The molecule has 0 aliphatic carbocycles. The summed E-state index contributed by atoms with van der Waals surface area (Å²) in [5.74, 6) is 1.90. The van der Waals surface area contributed by atoms with Gasteiger partial charge in [-0.3, -0.25) is 0 Å². The van der Waals surface area contributed by atoms with Gasteiger partial charge in [0.25, 0.3) is 0 Å². The minimum absolute atomic E-state index is 0.450. The van der Waals surface area contributed by atoms with Crippen molar-refractivity contribution in [1.29, 1.82) is 5.26 Å². The zero-order valence-electron chi connectivity index (χ0n) is 17.2. The van der Waals surface area contributed by atoms with E-state index in [1.807, 2.05) is 24.3 Å². The maximum Gasteiger partial charge on any atom is 0.205 e. The fourth-order valence-electron chi connectivity index (χ4n) is 3.28. The van der Waals surface area contributed by atoms with Crippen LogP contribution in [0.3, 0.4) is 0 Å². The van der Waals surface area contributed by atoms with Gasteiger partial charge in [0.15, 0.2) is 0 Å². The number of rotatable bonds is 8. The van der Waals surface area contributed by atoms with E-state index in [2.05, 4.69) is 73.2 Å². The predicted octanol–water partition coefficient (Wildman–Crippen LogP) is 4.15. The molecule has 154 valence electrons. The van der Waals surface area contributed by atoms with Crippen LogP contribution < -0.4 is 5.32 Å². The predicted molar refractivity (Wildman–Crippen MR) is 118 cm³/mol. The summed E-state index contributed by atoms with van der Waals surface area (Å²) in [5, 5.41) is 27.0. The number of benzene rings is 2. The van der Waals surface area contributed by atoms with Crippen molar-refractivity contribution in [3.8, 4) is 28.6 Å². The smallest absolute Gasteiger partial charge is 0.205 e. The van der Waals surface area contributed by atoms with Crippen LogP contribution in [0.2, 0.25) is 0 Å². The Kier molecular flexibility index (Phi) is 6.24. The Morgan fingerprint density at radius 2 is 1.87 bits per heavy atom. The number of nitriles is 1. The Balaban J connectivity index is 1.50. The lowest BCUT2D eigenvalue weighted by atomic mass is 9.98. The number of aryl methyl sites for hydroxylation is 1. The van der Waals surface area contributed by atoms with Crippen molar-refractivity contribution in [2.75, 3.05) is 5.32 Å². The number of tetrazole rings is 1. The highest BCUT2D eigenvalue weighted by Crippen LogP contribution is 2.29. The fraction of sp³-hybridized carbons (Fsp3) is 0.217. The van der Waals surface area contributed by atoms with Crippen LogP contribution in [0, 0.1) is 11.3 Å². The van der Waals surface area contributed by atoms with E-state index in [0.29, 0.717) is 23.8 Å². The average molecular weight is 410 g/mol. The molecule has 0 fully saturated rings. The summed E-state index contributed by atoms with van der Waals surface area (Å²) in [5.41, 5.74) is 4.54. The van der Waals surface area contributed by atoms with Gasteiger partial charge in [0.05, 0.1) is 6.20 Å². The van der Waals surface area contributed by atoms with Crippen molar-refractivity contribution in [3.63, 3.8) is 0 Å². The van der Waals surface area contributed by atoms with Gasteiger partial charge in [-0.2, -0.15) is 10.5 Å². The first kappa shape index (κ1) is 20.2. The number of aromatic amines is 1. The lowest BCUT2D eigenvalue weighted by Gasteiger charge is -2.10. The van der Waals surface area contributed by atoms with E-state index in [9.17, 15) is 5.26 Å².